The second-order valence-electron chi connectivity index (χ2n) is 5.24. The van der Waals surface area contributed by atoms with Crippen LogP contribution in [0.2, 0.25) is 0 Å². The minimum absolute atomic E-state index is 0.0153. The highest BCUT2D eigenvalue weighted by atomic mass is 16.6. The third-order valence-electron chi connectivity index (χ3n) is 3.79. The van der Waals surface area contributed by atoms with Crippen molar-refractivity contribution in [1.29, 1.82) is 0 Å². The Morgan fingerprint density at radius 2 is 1.81 bits per heavy atom. The van der Waals surface area contributed by atoms with Crippen molar-refractivity contribution in [1.82, 2.24) is 0 Å². The van der Waals surface area contributed by atoms with Crippen molar-refractivity contribution in [3.05, 3.63) is 65.7 Å². The fourth-order valence-electron chi connectivity index (χ4n) is 2.65. The average Bonchev–Trinajstić information content (AvgIpc) is 3.32. The Balaban J connectivity index is 1.71. The lowest BCUT2D eigenvalue weighted by Crippen LogP contribution is -2.30. The van der Waals surface area contributed by atoms with E-state index in [9.17, 15) is 4.79 Å². The summed E-state index contributed by atoms with van der Waals surface area (Å²) < 4.78 is 11.2. The van der Waals surface area contributed by atoms with Crippen molar-refractivity contribution in [2.45, 2.75) is 12.3 Å². The molecule has 0 unspecified atom stereocenters. The zero-order valence-electron chi connectivity index (χ0n) is 11.4. The standard InChI is InChI=1S/C17H15NO3/c19-16-14-8-4-5-9-15(14)17(21-11-13-10-20-13)18(16)12-6-2-1-3-7-12/h1-9,13,17H,10-11H2/t13-,17+/m1/s1. The molecule has 4 heteroatoms. The van der Waals surface area contributed by atoms with Crippen LogP contribution >= 0.6 is 0 Å². The number of carbonyl (C=O) groups is 1. The van der Waals surface area contributed by atoms with Crippen molar-refractivity contribution in [3.8, 4) is 0 Å². The molecule has 4 rings (SSSR count). The van der Waals surface area contributed by atoms with Crippen LogP contribution in [-0.2, 0) is 9.47 Å². The number of amides is 1. The first kappa shape index (κ1) is 12.6. The van der Waals surface area contributed by atoms with Gasteiger partial charge >= 0.3 is 0 Å². The third kappa shape index (κ3) is 2.22. The maximum atomic E-state index is 12.7. The first-order chi connectivity index (χ1) is 10.3. The zero-order valence-corrected chi connectivity index (χ0v) is 11.4. The van der Waals surface area contributed by atoms with Crippen molar-refractivity contribution < 1.29 is 14.3 Å². The number of hydrogen-bond donors (Lipinski definition) is 0. The van der Waals surface area contributed by atoms with Crippen LogP contribution in [0.3, 0.4) is 0 Å². The Morgan fingerprint density at radius 1 is 1.10 bits per heavy atom. The largest absolute Gasteiger partial charge is 0.371 e. The minimum atomic E-state index is -0.375. The number of nitrogens with zero attached hydrogens (tertiary/aromatic N) is 1. The SMILES string of the molecule is O=C1c2ccccc2[C@H](OC[C@H]2CO2)N1c1ccccc1. The van der Waals surface area contributed by atoms with Gasteiger partial charge in [0, 0.05) is 16.8 Å². The van der Waals surface area contributed by atoms with Gasteiger partial charge in [0.05, 0.1) is 13.2 Å². The van der Waals surface area contributed by atoms with E-state index >= 15 is 0 Å². The van der Waals surface area contributed by atoms with E-state index in [0.717, 1.165) is 17.9 Å². The van der Waals surface area contributed by atoms with Crippen LogP contribution in [0.4, 0.5) is 5.69 Å². The molecule has 1 saturated heterocycles. The topological polar surface area (TPSA) is 42.1 Å². The fourth-order valence-corrected chi connectivity index (χ4v) is 2.65. The van der Waals surface area contributed by atoms with E-state index in [1.54, 1.807) is 4.90 Å². The molecule has 1 fully saturated rings. The first-order valence-corrected chi connectivity index (χ1v) is 7.05. The number of benzene rings is 2. The molecular weight excluding hydrogens is 266 g/mol. The molecule has 2 aromatic carbocycles. The van der Waals surface area contributed by atoms with Gasteiger partial charge in [0.1, 0.15) is 6.10 Å². The molecule has 2 aromatic rings. The summed E-state index contributed by atoms with van der Waals surface area (Å²) in [5, 5.41) is 0. The molecule has 0 aromatic heterocycles. The van der Waals surface area contributed by atoms with Crippen molar-refractivity contribution >= 4 is 11.6 Å². The fraction of sp³-hybridized carbons (Fsp3) is 0.235. The number of epoxide rings is 1. The number of carbonyl (C=O) groups excluding carboxylic acids is 1. The van der Waals surface area contributed by atoms with E-state index in [-0.39, 0.29) is 18.2 Å². The summed E-state index contributed by atoms with van der Waals surface area (Å²) in [6.07, 6.45) is -0.203. The monoisotopic (exact) mass is 281 g/mol. The van der Waals surface area contributed by atoms with Crippen LogP contribution in [0.25, 0.3) is 0 Å². The lowest BCUT2D eigenvalue weighted by atomic mass is 10.1. The molecule has 2 heterocycles. The maximum absolute atomic E-state index is 12.7. The smallest absolute Gasteiger partial charge is 0.261 e. The highest BCUT2D eigenvalue weighted by Crippen LogP contribution is 2.38. The Bertz CT molecular complexity index is 667. The normalized spacial score (nSPS) is 23.2. The quantitative estimate of drug-likeness (QED) is 0.809. The minimum Gasteiger partial charge on any atom is -0.371 e. The maximum Gasteiger partial charge on any atom is 0.261 e. The van der Waals surface area contributed by atoms with Crippen molar-refractivity contribution in [2.75, 3.05) is 18.1 Å². The Hall–Kier alpha value is -2.17. The van der Waals surface area contributed by atoms with Crippen LogP contribution in [0.5, 0.6) is 0 Å². The Kier molecular flexibility index (Phi) is 2.98. The summed E-state index contributed by atoms with van der Waals surface area (Å²) >= 11 is 0. The van der Waals surface area contributed by atoms with Gasteiger partial charge in [-0.2, -0.15) is 0 Å². The molecule has 106 valence electrons. The van der Waals surface area contributed by atoms with E-state index in [1.165, 1.54) is 0 Å². The Labute approximate surface area is 122 Å². The van der Waals surface area contributed by atoms with Crippen LogP contribution in [-0.4, -0.2) is 25.2 Å². The predicted molar refractivity (Wildman–Crippen MR) is 78.1 cm³/mol. The molecule has 0 spiro atoms. The summed E-state index contributed by atoms with van der Waals surface area (Å²) in [7, 11) is 0. The molecule has 0 aliphatic carbocycles. The van der Waals surface area contributed by atoms with Gasteiger partial charge in [-0.1, -0.05) is 36.4 Å². The van der Waals surface area contributed by atoms with Gasteiger partial charge in [-0.15, -0.1) is 0 Å². The molecule has 1 amide bonds. The molecule has 2 aliphatic heterocycles. The van der Waals surface area contributed by atoms with Crippen LogP contribution < -0.4 is 4.90 Å². The van der Waals surface area contributed by atoms with Gasteiger partial charge in [0.15, 0.2) is 6.23 Å². The third-order valence-corrected chi connectivity index (χ3v) is 3.79. The van der Waals surface area contributed by atoms with E-state index in [0.29, 0.717) is 12.2 Å². The van der Waals surface area contributed by atoms with Gasteiger partial charge in [0.25, 0.3) is 5.91 Å². The molecule has 2 atom stereocenters. The van der Waals surface area contributed by atoms with Gasteiger partial charge < -0.3 is 9.47 Å². The van der Waals surface area contributed by atoms with Gasteiger partial charge in [-0.05, 0) is 18.2 Å². The number of anilines is 1. The average molecular weight is 281 g/mol. The van der Waals surface area contributed by atoms with E-state index in [1.807, 2.05) is 54.6 Å². The van der Waals surface area contributed by atoms with Gasteiger partial charge in [-0.3, -0.25) is 9.69 Å². The van der Waals surface area contributed by atoms with Crippen LogP contribution in [0.15, 0.2) is 54.6 Å². The summed E-state index contributed by atoms with van der Waals surface area (Å²) in [5.74, 6) is -0.0153. The second-order valence-corrected chi connectivity index (χ2v) is 5.24. The molecule has 0 bridgehead atoms. The summed E-state index contributed by atoms with van der Waals surface area (Å²) in [6, 6.07) is 17.3. The predicted octanol–water partition coefficient (Wildman–Crippen LogP) is 2.76. The number of hydrogen-bond acceptors (Lipinski definition) is 3. The van der Waals surface area contributed by atoms with E-state index < -0.39 is 0 Å². The van der Waals surface area contributed by atoms with E-state index in [2.05, 4.69) is 0 Å². The Morgan fingerprint density at radius 3 is 2.57 bits per heavy atom. The van der Waals surface area contributed by atoms with E-state index in [4.69, 9.17) is 9.47 Å². The summed E-state index contributed by atoms with van der Waals surface area (Å²) in [4.78, 5) is 14.4. The first-order valence-electron chi connectivity index (χ1n) is 7.05. The molecular formula is C17H15NO3. The lowest BCUT2D eigenvalue weighted by Gasteiger charge is -2.25. The summed E-state index contributed by atoms with van der Waals surface area (Å²) in [5.41, 5.74) is 2.48. The lowest BCUT2D eigenvalue weighted by molar-refractivity contribution is 0.0428. The second kappa shape index (κ2) is 4.98. The number of rotatable bonds is 4. The number of para-hydroxylation sites is 1. The van der Waals surface area contributed by atoms with Crippen LogP contribution in [0.1, 0.15) is 22.1 Å². The molecule has 21 heavy (non-hydrogen) atoms. The summed E-state index contributed by atoms with van der Waals surface area (Å²) in [6.45, 7) is 1.25. The molecule has 0 N–H and O–H groups in total. The van der Waals surface area contributed by atoms with Crippen LogP contribution in [0, 0.1) is 0 Å². The molecule has 2 aliphatic rings. The van der Waals surface area contributed by atoms with Gasteiger partial charge in [-0.25, -0.2) is 0 Å². The van der Waals surface area contributed by atoms with Crippen molar-refractivity contribution in [2.24, 2.45) is 0 Å². The zero-order chi connectivity index (χ0) is 14.2. The molecule has 0 saturated carbocycles. The highest BCUT2D eigenvalue weighted by molar-refractivity contribution is 6.10. The number of fused-ring (bicyclic) bond motifs is 1. The number of ether oxygens (including phenoxy) is 2. The molecule has 0 radical (unpaired) electrons. The van der Waals surface area contributed by atoms with Gasteiger partial charge in [0.2, 0.25) is 0 Å². The highest BCUT2D eigenvalue weighted by Gasteiger charge is 2.39. The molecule has 4 nitrogen and oxygen atoms in total. The van der Waals surface area contributed by atoms with Crippen molar-refractivity contribution in [3.63, 3.8) is 0 Å².